The third kappa shape index (κ3) is 4.52. The first-order valence-electron chi connectivity index (χ1n) is 6.73. The number of halogens is 3. The fourth-order valence-electron chi connectivity index (χ4n) is 1.99. The van der Waals surface area contributed by atoms with Crippen molar-refractivity contribution in [2.24, 2.45) is 0 Å². The Labute approximate surface area is 131 Å². The lowest BCUT2D eigenvalue weighted by atomic mass is 10.4. The van der Waals surface area contributed by atoms with E-state index in [9.17, 15) is 13.6 Å². The van der Waals surface area contributed by atoms with Crippen LogP contribution < -0.4 is 5.32 Å². The second kappa shape index (κ2) is 7.35. The van der Waals surface area contributed by atoms with Gasteiger partial charge in [0.2, 0.25) is 5.91 Å². The molecular formula is C13H16ClF2N5O. The van der Waals surface area contributed by atoms with Gasteiger partial charge in [-0.3, -0.25) is 14.2 Å². The van der Waals surface area contributed by atoms with Gasteiger partial charge in [-0.15, -0.1) is 0 Å². The smallest absolute Gasteiger partial charge is 0.280 e. The van der Waals surface area contributed by atoms with Crippen LogP contribution in [-0.4, -0.2) is 32.0 Å². The van der Waals surface area contributed by atoms with Gasteiger partial charge in [0.1, 0.15) is 12.2 Å². The van der Waals surface area contributed by atoms with Gasteiger partial charge in [-0.05, 0) is 19.4 Å². The summed E-state index contributed by atoms with van der Waals surface area (Å²) in [7, 11) is 0. The fourth-order valence-corrected chi connectivity index (χ4v) is 2.15. The van der Waals surface area contributed by atoms with E-state index in [0.717, 1.165) is 4.68 Å². The van der Waals surface area contributed by atoms with E-state index in [-0.39, 0.29) is 18.1 Å². The topological polar surface area (TPSA) is 64.7 Å². The Morgan fingerprint density at radius 3 is 2.91 bits per heavy atom. The lowest BCUT2D eigenvalue weighted by Gasteiger charge is -2.08. The zero-order valence-corrected chi connectivity index (χ0v) is 12.7. The summed E-state index contributed by atoms with van der Waals surface area (Å²) in [6.45, 7) is 2.41. The molecule has 2 aromatic heterocycles. The van der Waals surface area contributed by atoms with Gasteiger partial charge in [0, 0.05) is 19.3 Å². The van der Waals surface area contributed by atoms with Crippen LogP contribution >= 0.6 is 11.6 Å². The maximum absolute atomic E-state index is 12.8. The van der Waals surface area contributed by atoms with Gasteiger partial charge in [0.15, 0.2) is 0 Å². The van der Waals surface area contributed by atoms with E-state index >= 15 is 0 Å². The molecule has 2 aromatic rings. The van der Waals surface area contributed by atoms with E-state index in [4.69, 9.17) is 11.6 Å². The molecule has 0 aromatic carbocycles. The summed E-state index contributed by atoms with van der Waals surface area (Å²) in [5, 5.41) is 11.1. The SMILES string of the molecule is Cc1cc(C(F)F)n(CC(=O)NCCCn2cc(Cl)cn2)n1. The van der Waals surface area contributed by atoms with Crippen LogP contribution in [-0.2, 0) is 17.9 Å². The molecule has 0 radical (unpaired) electrons. The average molecular weight is 332 g/mol. The summed E-state index contributed by atoms with van der Waals surface area (Å²) in [5.74, 6) is -0.358. The van der Waals surface area contributed by atoms with Crippen molar-refractivity contribution in [1.82, 2.24) is 24.9 Å². The van der Waals surface area contributed by atoms with Crippen molar-refractivity contribution in [2.75, 3.05) is 6.54 Å². The van der Waals surface area contributed by atoms with Crippen molar-refractivity contribution in [3.63, 3.8) is 0 Å². The summed E-state index contributed by atoms with van der Waals surface area (Å²) in [5.41, 5.74) is 0.206. The molecular weight excluding hydrogens is 316 g/mol. The van der Waals surface area contributed by atoms with Crippen molar-refractivity contribution < 1.29 is 13.6 Å². The van der Waals surface area contributed by atoms with Crippen LogP contribution in [0.25, 0.3) is 0 Å². The zero-order chi connectivity index (χ0) is 16.1. The summed E-state index contributed by atoms with van der Waals surface area (Å²) < 4.78 is 28.2. The summed E-state index contributed by atoms with van der Waals surface area (Å²) in [4.78, 5) is 11.8. The van der Waals surface area contributed by atoms with Gasteiger partial charge in [0.25, 0.3) is 6.43 Å². The maximum atomic E-state index is 12.8. The number of nitrogens with zero attached hydrogens (tertiary/aromatic N) is 4. The average Bonchev–Trinajstić information content (AvgIpc) is 3.01. The van der Waals surface area contributed by atoms with E-state index in [1.54, 1.807) is 17.8 Å². The molecule has 0 spiro atoms. The van der Waals surface area contributed by atoms with E-state index in [0.29, 0.717) is 30.2 Å². The third-order valence-electron chi connectivity index (χ3n) is 2.94. The molecule has 0 bridgehead atoms. The minimum absolute atomic E-state index is 0.221. The van der Waals surface area contributed by atoms with Gasteiger partial charge in [0.05, 0.1) is 16.9 Å². The number of hydrogen-bond acceptors (Lipinski definition) is 3. The van der Waals surface area contributed by atoms with Gasteiger partial charge >= 0.3 is 0 Å². The number of nitrogens with one attached hydrogen (secondary N) is 1. The summed E-state index contributed by atoms with van der Waals surface area (Å²) in [6, 6.07) is 1.28. The predicted molar refractivity (Wildman–Crippen MR) is 76.8 cm³/mol. The minimum Gasteiger partial charge on any atom is -0.354 e. The lowest BCUT2D eigenvalue weighted by molar-refractivity contribution is -0.121. The summed E-state index contributed by atoms with van der Waals surface area (Å²) >= 11 is 5.73. The number of carbonyl (C=O) groups excluding carboxylic acids is 1. The summed E-state index contributed by atoms with van der Waals surface area (Å²) in [6.07, 6.45) is 1.22. The normalized spacial score (nSPS) is 11.1. The first-order valence-corrected chi connectivity index (χ1v) is 7.10. The van der Waals surface area contributed by atoms with Gasteiger partial charge in [-0.2, -0.15) is 10.2 Å². The Morgan fingerprint density at radius 1 is 1.50 bits per heavy atom. The fraction of sp³-hybridized carbons (Fsp3) is 0.462. The Balaban J connectivity index is 1.76. The number of alkyl halides is 2. The highest BCUT2D eigenvalue weighted by molar-refractivity contribution is 6.30. The molecule has 0 fully saturated rings. The van der Waals surface area contributed by atoms with Crippen molar-refractivity contribution in [1.29, 1.82) is 0 Å². The van der Waals surface area contributed by atoms with Gasteiger partial charge < -0.3 is 5.32 Å². The van der Waals surface area contributed by atoms with E-state index in [1.165, 1.54) is 12.3 Å². The van der Waals surface area contributed by atoms with Crippen molar-refractivity contribution in [3.8, 4) is 0 Å². The van der Waals surface area contributed by atoms with Gasteiger partial charge in [-0.25, -0.2) is 8.78 Å². The Bertz CT molecular complexity index is 640. The molecule has 0 aliphatic heterocycles. The van der Waals surface area contributed by atoms with Crippen LogP contribution in [0, 0.1) is 6.92 Å². The highest BCUT2D eigenvalue weighted by Gasteiger charge is 2.17. The van der Waals surface area contributed by atoms with Crippen LogP contribution in [0.3, 0.4) is 0 Å². The third-order valence-corrected chi connectivity index (χ3v) is 3.13. The number of carbonyl (C=O) groups is 1. The van der Waals surface area contributed by atoms with E-state index in [1.807, 2.05) is 0 Å². The minimum atomic E-state index is -2.65. The molecule has 22 heavy (non-hydrogen) atoms. The van der Waals surface area contributed by atoms with E-state index in [2.05, 4.69) is 15.5 Å². The quantitative estimate of drug-likeness (QED) is 0.791. The van der Waals surface area contributed by atoms with Crippen LogP contribution in [0.4, 0.5) is 8.78 Å². The maximum Gasteiger partial charge on any atom is 0.280 e. The highest BCUT2D eigenvalue weighted by Crippen LogP contribution is 2.19. The number of aromatic nitrogens is 4. The molecule has 0 saturated carbocycles. The molecule has 2 rings (SSSR count). The Morgan fingerprint density at radius 2 is 2.27 bits per heavy atom. The van der Waals surface area contributed by atoms with Crippen LogP contribution in [0.5, 0.6) is 0 Å². The molecule has 9 heteroatoms. The standard InChI is InChI=1S/C13H16ClF2N5O/c1-9-5-11(13(15)16)21(19-9)8-12(22)17-3-2-4-20-7-10(14)6-18-20/h5-7,13H,2-4,8H2,1H3,(H,17,22). The first-order chi connectivity index (χ1) is 10.5. The molecule has 0 atom stereocenters. The molecule has 1 N–H and O–H groups in total. The first kappa shape index (κ1) is 16.4. The van der Waals surface area contributed by atoms with Gasteiger partial charge in [-0.1, -0.05) is 11.6 Å². The number of hydrogen-bond donors (Lipinski definition) is 1. The molecule has 0 aliphatic carbocycles. The van der Waals surface area contributed by atoms with E-state index < -0.39 is 6.43 Å². The van der Waals surface area contributed by atoms with Crippen LogP contribution in [0.1, 0.15) is 24.2 Å². The predicted octanol–water partition coefficient (Wildman–Crippen LogP) is 2.19. The zero-order valence-electron chi connectivity index (χ0n) is 12.0. The van der Waals surface area contributed by atoms with Crippen molar-refractivity contribution in [2.45, 2.75) is 32.9 Å². The van der Waals surface area contributed by atoms with Crippen molar-refractivity contribution in [3.05, 3.63) is 34.9 Å². The molecule has 0 saturated heterocycles. The Hall–Kier alpha value is -1.96. The number of aryl methyl sites for hydroxylation is 2. The molecule has 0 unspecified atom stereocenters. The number of rotatable bonds is 7. The molecule has 6 nitrogen and oxygen atoms in total. The monoisotopic (exact) mass is 331 g/mol. The second-order valence-corrected chi connectivity index (χ2v) is 5.23. The molecule has 0 aliphatic rings. The number of amides is 1. The lowest BCUT2D eigenvalue weighted by Crippen LogP contribution is -2.30. The van der Waals surface area contributed by atoms with Crippen LogP contribution in [0.2, 0.25) is 5.02 Å². The molecule has 120 valence electrons. The second-order valence-electron chi connectivity index (χ2n) is 4.79. The largest absolute Gasteiger partial charge is 0.354 e. The highest BCUT2D eigenvalue weighted by atomic mass is 35.5. The van der Waals surface area contributed by atoms with Crippen molar-refractivity contribution >= 4 is 17.5 Å². The molecule has 2 heterocycles. The van der Waals surface area contributed by atoms with Crippen LogP contribution in [0.15, 0.2) is 18.5 Å². The Kier molecular flexibility index (Phi) is 5.48. The molecule has 1 amide bonds.